The molecule has 0 saturated heterocycles. The van der Waals surface area contributed by atoms with Crippen molar-refractivity contribution in [3.8, 4) is 11.1 Å². The number of hydrogen-bond donors (Lipinski definition) is 1. The highest BCUT2D eigenvalue weighted by atomic mass is 16.4. The van der Waals surface area contributed by atoms with Crippen LogP contribution in [0.1, 0.15) is 50.9 Å². The van der Waals surface area contributed by atoms with E-state index in [-0.39, 0.29) is 12.0 Å². The van der Waals surface area contributed by atoms with Gasteiger partial charge in [0.25, 0.3) is 0 Å². The number of benzene rings is 1. The smallest absolute Gasteiger partial charge is 0.344 e. The molecule has 3 rings (SSSR count). The Kier molecular flexibility index (Phi) is 7.67. The van der Waals surface area contributed by atoms with E-state index in [1.807, 2.05) is 44.2 Å². The SMILES string of the molecule is CCN(CC)c1ccc2cc(-c3cc(C)[n+](CCCCCC(=O)O)c(C)c3)c(=O)oc2c1. The van der Waals surface area contributed by atoms with E-state index in [0.29, 0.717) is 17.6 Å². The van der Waals surface area contributed by atoms with Crippen LogP contribution in [-0.2, 0) is 11.3 Å². The summed E-state index contributed by atoms with van der Waals surface area (Å²) in [6.07, 6.45) is 2.71. The number of aliphatic carboxylic acids is 1. The van der Waals surface area contributed by atoms with Crippen LogP contribution in [0, 0.1) is 13.8 Å². The molecular weight excluding hydrogens is 404 g/mol. The van der Waals surface area contributed by atoms with Gasteiger partial charge in [-0.2, -0.15) is 0 Å². The average Bonchev–Trinajstić information content (AvgIpc) is 2.75. The summed E-state index contributed by atoms with van der Waals surface area (Å²) in [6, 6.07) is 12.0. The molecule has 0 amide bonds. The molecule has 0 saturated carbocycles. The fraction of sp³-hybridized carbons (Fsp3) is 0.423. The molecule has 170 valence electrons. The van der Waals surface area contributed by atoms with Crippen LogP contribution < -0.4 is 15.1 Å². The number of nitrogens with zero attached hydrogens (tertiary/aromatic N) is 2. The van der Waals surface area contributed by atoms with Gasteiger partial charge in [-0.15, -0.1) is 0 Å². The minimum Gasteiger partial charge on any atom is -0.481 e. The summed E-state index contributed by atoms with van der Waals surface area (Å²) in [6.45, 7) is 10.9. The number of pyridine rings is 1. The van der Waals surface area contributed by atoms with E-state index in [1.165, 1.54) is 0 Å². The summed E-state index contributed by atoms with van der Waals surface area (Å²) in [5, 5.41) is 9.67. The zero-order valence-electron chi connectivity index (χ0n) is 19.5. The van der Waals surface area contributed by atoms with Crippen LogP contribution in [0.3, 0.4) is 0 Å². The lowest BCUT2D eigenvalue weighted by molar-refractivity contribution is -0.708. The lowest BCUT2D eigenvalue weighted by atomic mass is 10.0. The van der Waals surface area contributed by atoms with Crippen LogP contribution in [-0.4, -0.2) is 24.2 Å². The molecular formula is C26H33N2O4+. The van der Waals surface area contributed by atoms with E-state index >= 15 is 0 Å². The molecule has 0 spiro atoms. The second kappa shape index (κ2) is 10.4. The molecule has 0 unspecified atom stereocenters. The first kappa shape index (κ1) is 23.5. The van der Waals surface area contributed by atoms with E-state index in [1.54, 1.807) is 0 Å². The van der Waals surface area contributed by atoms with Crippen LogP contribution in [0.4, 0.5) is 5.69 Å². The average molecular weight is 438 g/mol. The van der Waals surface area contributed by atoms with Crippen molar-refractivity contribution < 1.29 is 18.9 Å². The summed E-state index contributed by atoms with van der Waals surface area (Å²) in [5.41, 5.74) is 4.86. The molecule has 0 aliphatic rings. The standard InChI is InChI=1S/C26H32N2O4/c1-5-27(6-2)22-12-11-20-16-23(26(31)32-24(20)17-22)21-14-18(3)28(19(4)15-21)13-9-7-8-10-25(29)30/h11-12,14-17H,5-10,13H2,1-4H3/p+1. The molecule has 0 aliphatic carbocycles. The van der Waals surface area contributed by atoms with Gasteiger partial charge >= 0.3 is 11.6 Å². The molecule has 1 N–H and O–H groups in total. The predicted octanol–water partition coefficient (Wildman–Crippen LogP) is 4.86. The maximum Gasteiger partial charge on any atom is 0.344 e. The second-order valence-electron chi connectivity index (χ2n) is 8.22. The molecule has 0 aliphatic heterocycles. The molecule has 2 aromatic heterocycles. The quantitative estimate of drug-likeness (QED) is 0.279. The Morgan fingerprint density at radius 2 is 1.69 bits per heavy atom. The molecule has 6 nitrogen and oxygen atoms in total. The maximum absolute atomic E-state index is 12.8. The molecule has 0 fully saturated rings. The van der Waals surface area contributed by atoms with Crippen LogP contribution in [0.15, 0.2) is 45.6 Å². The molecule has 32 heavy (non-hydrogen) atoms. The van der Waals surface area contributed by atoms with Gasteiger partial charge in [0.05, 0.1) is 5.56 Å². The van der Waals surface area contributed by atoms with Crippen LogP contribution in [0.25, 0.3) is 22.1 Å². The summed E-state index contributed by atoms with van der Waals surface area (Å²) >= 11 is 0. The Morgan fingerprint density at radius 1 is 1.00 bits per heavy atom. The van der Waals surface area contributed by atoms with Gasteiger partial charge in [0.15, 0.2) is 11.4 Å². The van der Waals surface area contributed by atoms with Gasteiger partial charge in [0, 0.05) is 74.6 Å². The summed E-state index contributed by atoms with van der Waals surface area (Å²) < 4.78 is 7.92. The van der Waals surface area contributed by atoms with Crippen LogP contribution >= 0.6 is 0 Å². The number of carbonyl (C=O) groups is 1. The highest BCUT2D eigenvalue weighted by Crippen LogP contribution is 2.25. The number of aromatic nitrogens is 1. The zero-order chi connectivity index (χ0) is 23.3. The third-order valence-corrected chi connectivity index (χ3v) is 6.01. The van der Waals surface area contributed by atoms with Gasteiger partial charge in [0.1, 0.15) is 12.1 Å². The summed E-state index contributed by atoms with van der Waals surface area (Å²) in [7, 11) is 0. The third-order valence-electron chi connectivity index (χ3n) is 6.01. The summed E-state index contributed by atoms with van der Waals surface area (Å²) in [5.74, 6) is -0.743. The van der Waals surface area contributed by atoms with Gasteiger partial charge in [-0.25, -0.2) is 9.36 Å². The Labute approximate surface area is 189 Å². The fourth-order valence-electron chi connectivity index (χ4n) is 4.24. The maximum atomic E-state index is 12.8. The predicted molar refractivity (Wildman–Crippen MR) is 127 cm³/mol. The van der Waals surface area contributed by atoms with Gasteiger partial charge in [-0.1, -0.05) is 0 Å². The molecule has 2 heterocycles. The molecule has 6 heteroatoms. The molecule has 1 aromatic carbocycles. The van der Waals surface area contributed by atoms with E-state index in [9.17, 15) is 9.59 Å². The van der Waals surface area contributed by atoms with Crippen LogP contribution in [0.2, 0.25) is 0 Å². The number of rotatable bonds is 10. The lowest BCUT2D eigenvalue weighted by Gasteiger charge is -2.21. The Hall–Kier alpha value is -3.15. The Balaban J connectivity index is 1.86. The van der Waals surface area contributed by atoms with Crippen molar-refractivity contribution in [3.05, 3.63) is 58.2 Å². The van der Waals surface area contributed by atoms with E-state index in [4.69, 9.17) is 9.52 Å². The number of hydrogen-bond acceptors (Lipinski definition) is 4. The Morgan fingerprint density at radius 3 is 2.31 bits per heavy atom. The highest BCUT2D eigenvalue weighted by molar-refractivity contribution is 5.84. The first-order chi connectivity index (χ1) is 15.3. The van der Waals surface area contributed by atoms with Gasteiger partial charge in [-0.05, 0) is 44.9 Å². The molecule has 0 atom stereocenters. The number of unbranched alkanes of at least 4 members (excludes halogenated alkanes) is 2. The first-order valence-electron chi connectivity index (χ1n) is 11.4. The van der Waals surface area contributed by atoms with Crippen molar-refractivity contribution in [1.29, 1.82) is 0 Å². The van der Waals surface area contributed by atoms with Gasteiger partial charge < -0.3 is 14.4 Å². The van der Waals surface area contributed by atoms with Crippen molar-refractivity contribution >= 4 is 22.6 Å². The molecule has 0 bridgehead atoms. The number of aryl methyl sites for hydroxylation is 2. The summed E-state index contributed by atoms with van der Waals surface area (Å²) in [4.78, 5) is 25.7. The van der Waals surface area contributed by atoms with Crippen molar-refractivity contribution in [2.45, 2.75) is 59.9 Å². The Bertz CT molecular complexity index is 1140. The minimum absolute atomic E-state index is 0.218. The largest absolute Gasteiger partial charge is 0.481 e. The first-order valence-corrected chi connectivity index (χ1v) is 11.4. The van der Waals surface area contributed by atoms with E-state index in [2.05, 4.69) is 29.4 Å². The molecule has 0 radical (unpaired) electrons. The van der Waals surface area contributed by atoms with Crippen molar-refractivity contribution in [3.63, 3.8) is 0 Å². The third kappa shape index (κ3) is 5.36. The van der Waals surface area contributed by atoms with E-state index < -0.39 is 5.97 Å². The van der Waals surface area contributed by atoms with Gasteiger partial charge in [-0.3, -0.25) is 4.79 Å². The zero-order valence-corrected chi connectivity index (χ0v) is 19.5. The normalized spacial score (nSPS) is 11.1. The number of carboxylic acids is 1. The van der Waals surface area contributed by atoms with Crippen molar-refractivity contribution in [2.24, 2.45) is 0 Å². The van der Waals surface area contributed by atoms with Crippen molar-refractivity contribution in [2.75, 3.05) is 18.0 Å². The van der Waals surface area contributed by atoms with Crippen LogP contribution in [0.5, 0.6) is 0 Å². The lowest BCUT2D eigenvalue weighted by Crippen LogP contribution is -2.40. The van der Waals surface area contributed by atoms with E-state index in [0.717, 1.165) is 60.5 Å². The fourth-order valence-corrected chi connectivity index (χ4v) is 4.24. The number of carboxylic acid groups (broad SMARTS) is 1. The second-order valence-corrected chi connectivity index (χ2v) is 8.22. The monoisotopic (exact) mass is 437 g/mol. The van der Waals surface area contributed by atoms with Gasteiger partial charge in [0.2, 0.25) is 0 Å². The topological polar surface area (TPSA) is 74.6 Å². The molecule has 3 aromatic rings. The number of fused-ring (bicyclic) bond motifs is 1. The minimum atomic E-state index is -0.743. The van der Waals surface area contributed by atoms with Crippen molar-refractivity contribution in [1.82, 2.24) is 0 Å². The number of anilines is 1. The highest BCUT2D eigenvalue weighted by Gasteiger charge is 2.17.